The number of amides is 1. The lowest BCUT2D eigenvalue weighted by Gasteiger charge is -2.10. The summed E-state index contributed by atoms with van der Waals surface area (Å²) in [7, 11) is 0. The summed E-state index contributed by atoms with van der Waals surface area (Å²) >= 11 is 0. The number of hydrogen-bond donors (Lipinski definition) is 2. The van der Waals surface area contributed by atoms with Crippen molar-refractivity contribution >= 4 is 5.91 Å². The molecule has 23 heavy (non-hydrogen) atoms. The van der Waals surface area contributed by atoms with Crippen molar-refractivity contribution in [2.45, 2.75) is 45.7 Å². The Kier molecular flexibility index (Phi) is 4.71. The van der Waals surface area contributed by atoms with Gasteiger partial charge in [0.1, 0.15) is 0 Å². The van der Waals surface area contributed by atoms with E-state index in [1.165, 1.54) is 0 Å². The highest BCUT2D eigenvalue weighted by molar-refractivity contribution is 5.76. The molecule has 1 fully saturated rings. The number of nitrogens with zero attached hydrogens (tertiary/aromatic N) is 3. The number of pyridine rings is 1. The molecule has 6 nitrogen and oxygen atoms in total. The predicted molar refractivity (Wildman–Crippen MR) is 88.3 cm³/mol. The minimum Gasteiger partial charge on any atom is -0.352 e. The first kappa shape index (κ1) is 15.7. The van der Waals surface area contributed by atoms with Gasteiger partial charge in [0, 0.05) is 30.9 Å². The predicted octanol–water partition coefficient (Wildman–Crippen LogP) is 1.64. The van der Waals surface area contributed by atoms with E-state index >= 15 is 0 Å². The maximum absolute atomic E-state index is 11.9. The summed E-state index contributed by atoms with van der Waals surface area (Å²) < 4.78 is 1.82. The van der Waals surface area contributed by atoms with Crippen LogP contribution in [0.2, 0.25) is 0 Å². The van der Waals surface area contributed by atoms with E-state index in [4.69, 9.17) is 0 Å². The monoisotopic (exact) mass is 313 g/mol. The maximum Gasteiger partial charge on any atom is 0.221 e. The van der Waals surface area contributed by atoms with Crippen molar-refractivity contribution < 1.29 is 4.79 Å². The van der Waals surface area contributed by atoms with Gasteiger partial charge in [-0.05, 0) is 50.9 Å². The molecule has 1 aliphatic rings. The minimum atomic E-state index is 0.0898. The molecule has 0 bridgehead atoms. The van der Waals surface area contributed by atoms with E-state index in [1.54, 1.807) is 6.20 Å². The van der Waals surface area contributed by atoms with Crippen molar-refractivity contribution in [1.29, 1.82) is 0 Å². The Morgan fingerprint density at radius 3 is 2.91 bits per heavy atom. The first-order valence-electron chi connectivity index (χ1n) is 8.10. The van der Waals surface area contributed by atoms with Gasteiger partial charge >= 0.3 is 0 Å². The van der Waals surface area contributed by atoms with Gasteiger partial charge in [0.05, 0.1) is 5.69 Å². The maximum atomic E-state index is 11.9. The highest BCUT2D eigenvalue weighted by Crippen LogP contribution is 2.11. The van der Waals surface area contributed by atoms with Gasteiger partial charge in [-0.3, -0.25) is 4.79 Å². The molecule has 3 rings (SSSR count). The molecule has 0 spiro atoms. The van der Waals surface area contributed by atoms with Crippen molar-refractivity contribution in [3.8, 4) is 5.82 Å². The number of hydrogen-bond acceptors (Lipinski definition) is 4. The van der Waals surface area contributed by atoms with Crippen LogP contribution in [0.1, 0.15) is 36.2 Å². The van der Waals surface area contributed by atoms with Crippen LogP contribution in [0.5, 0.6) is 0 Å². The number of aromatic nitrogens is 3. The number of rotatable bonds is 5. The zero-order valence-electron chi connectivity index (χ0n) is 13.7. The molecule has 0 saturated carbocycles. The molecular weight excluding hydrogens is 290 g/mol. The third-order valence-electron chi connectivity index (χ3n) is 4.12. The molecule has 1 amide bonds. The van der Waals surface area contributed by atoms with E-state index in [0.717, 1.165) is 42.2 Å². The minimum absolute atomic E-state index is 0.0898. The van der Waals surface area contributed by atoms with E-state index in [0.29, 0.717) is 19.0 Å². The number of carbonyl (C=O) groups excluding carboxylic acids is 1. The third kappa shape index (κ3) is 3.96. The molecule has 0 radical (unpaired) electrons. The highest BCUT2D eigenvalue weighted by atomic mass is 16.1. The Hall–Kier alpha value is -2.21. The molecule has 122 valence electrons. The molecule has 2 aromatic heterocycles. The number of aryl methyl sites for hydroxylation is 2. The normalized spacial score (nSPS) is 17.4. The van der Waals surface area contributed by atoms with Crippen molar-refractivity contribution in [2.24, 2.45) is 0 Å². The second-order valence-electron chi connectivity index (χ2n) is 6.14. The Bertz CT molecular complexity index is 671. The molecule has 1 aliphatic heterocycles. The molecule has 2 aromatic rings. The lowest BCUT2D eigenvalue weighted by Crippen LogP contribution is -2.31. The van der Waals surface area contributed by atoms with Crippen LogP contribution in [-0.2, 0) is 11.3 Å². The fourth-order valence-corrected chi connectivity index (χ4v) is 2.93. The van der Waals surface area contributed by atoms with Crippen LogP contribution < -0.4 is 10.6 Å². The first-order valence-corrected chi connectivity index (χ1v) is 8.10. The quantitative estimate of drug-likeness (QED) is 0.880. The zero-order chi connectivity index (χ0) is 16.2. The zero-order valence-corrected chi connectivity index (χ0v) is 13.7. The van der Waals surface area contributed by atoms with Gasteiger partial charge in [-0.2, -0.15) is 5.10 Å². The molecule has 3 heterocycles. The fourth-order valence-electron chi connectivity index (χ4n) is 2.93. The van der Waals surface area contributed by atoms with Crippen molar-refractivity contribution in [2.75, 3.05) is 6.54 Å². The summed E-state index contributed by atoms with van der Waals surface area (Å²) in [5, 5.41) is 10.7. The summed E-state index contributed by atoms with van der Waals surface area (Å²) in [6.45, 7) is 5.51. The van der Waals surface area contributed by atoms with E-state index in [2.05, 4.69) is 20.7 Å². The number of nitrogens with one attached hydrogen (secondary N) is 2. The van der Waals surface area contributed by atoms with Crippen LogP contribution >= 0.6 is 0 Å². The standard InChI is InChI=1S/C17H23N5O/c1-12-8-13(2)22(21-12)16-6-5-14(10-19-16)11-20-17(23)9-15-4-3-7-18-15/h5-6,8,10,15,18H,3-4,7,9,11H2,1-2H3,(H,20,23). The molecule has 1 unspecified atom stereocenters. The van der Waals surface area contributed by atoms with Crippen LogP contribution in [-0.4, -0.2) is 33.3 Å². The van der Waals surface area contributed by atoms with Gasteiger partial charge in [0.15, 0.2) is 5.82 Å². The topological polar surface area (TPSA) is 71.8 Å². The van der Waals surface area contributed by atoms with E-state index in [-0.39, 0.29) is 5.91 Å². The van der Waals surface area contributed by atoms with Crippen LogP contribution in [0.15, 0.2) is 24.4 Å². The van der Waals surface area contributed by atoms with Gasteiger partial charge < -0.3 is 10.6 Å². The van der Waals surface area contributed by atoms with Crippen LogP contribution in [0.4, 0.5) is 0 Å². The molecule has 0 aromatic carbocycles. The van der Waals surface area contributed by atoms with Gasteiger partial charge in [0.25, 0.3) is 0 Å². The summed E-state index contributed by atoms with van der Waals surface area (Å²) in [5.41, 5.74) is 3.02. The number of carbonyl (C=O) groups is 1. The van der Waals surface area contributed by atoms with Gasteiger partial charge in [-0.1, -0.05) is 6.07 Å². The van der Waals surface area contributed by atoms with E-state index in [9.17, 15) is 4.79 Å². The summed E-state index contributed by atoms with van der Waals surface area (Å²) in [5.74, 6) is 0.882. The average Bonchev–Trinajstić information content (AvgIpc) is 3.15. The average molecular weight is 313 g/mol. The molecular formula is C17H23N5O. The van der Waals surface area contributed by atoms with E-state index in [1.807, 2.05) is 36.7 Å². The fraction of sp³-hybridized carbons (Fsp3) is 0.471. The second-order valence-corrected chi connectivity index (χ2v) is 6.14. The smallest absolute Gasteiger partial charge is 0.221 e. The third-order valence-corrected chi connectivity index (χ3v) is 4.12. The highest BCUT2D eigenvalue weighted by Gasteiger charge is 2.17. The van der Waals surface area contributed by atoms with E-state index < -0.39 is 0 Å². The summed E-state index contributed by atoms with van der Waals surface area (Å²) in [6.07, 6.45) is 4.60. The molecule has 1 saturated heterocycles. The first-order chi connectivity index (χ1) is 11.1. The van der Waals surface area contributed by atoms with Gasteiger partial charge in [-0.15, -0.1) is 0 Å². The second kappa shape index (κ2) is 6.91. The van der Waals surface area contributed by atoms with Crippen molar-refractivity contribution in [1.82, 2.24) is 25.4 Å². The SMILES string of the molecule is Cc1cc(C)n(-c2ccc(CNC(=O)CC3CCCN3)cn2)n1. The molecule has 6 heteroatoms. The van der Waals surface area contributed by atoms with Gasteiger partial charge in [0.2, 0.25) is 5.91 Å². The molecule has 2 N–H and O–H groups in total. The molecule has 1 atom stereocenters. The van der Waals surface area contributed by atoms with Crippen LogP contribution in [0.3, 0.4) is 0 Å². The lowest BCUT2D eigenvalue weighted by molar-refractivity contribution is -0.121. The lowest BCUT2D eigenvalue weighted by atomic mass is 10.1. The Labute approximate surface area is 136 Å². The summed E-state index contributed by atoms with van der Waals surface area (Å²) in [6, 6.07) is 6.26. The van der Waals surface area contributed by atoms with Crippen molar-refractivity contribution in [3.63, 3.8) is 0 Å². The largest absolute Gasteiger partial charge is 0.352 e. The van der Waals surface area contributed by atoms with Crippen molar-refractivity contribution in [3.05, 3.63) is 41.3 Å². The summed E-state index contributed by atoms with van der Waals surface area (Å²) in [4.78, 5) is 16.4. The Balaban J connectivity index is 1.55. The Morgan fingerprint density at radius 1 is 1.43 bits per heavy atom. The van der Waals surface area contributed by atoms with Crippen LogP contribution in [0.25, 0.3) is 5.82 Å². The molecule has 0 aliphatic carbocycles. The van der Waals surface area contributed by atoms with Crippen LogP contribution in [0, 0.1) is 13.8 Å². The van der Waals surface area contributed by atoms with Gasteiger partial charge in [-0.25, -0.2) is 9.67 Å². The Morgan fingerprint density at radius 2 is 2.30 bits per heavy atom.